The number of rotatable bonds is 7. The normalized spacial score (nSPS) is 10.4. The lowest BCUT2D eigenvalue weighted by molar-refractivity contribution is 0.0526. The second kappa shape index (κ2) is 9.19. The fourth-order valence-electron chi connectivity index (χ4n) is 2.58. The third kappa shape index (κ3) is 5.20. The zero-order valence-corrected chi connectivity index (χ0v) is 16.5. The number of anilines is 3. The number of carbonyl (C=O) groups excluding carboxylic acids is 1. The van der Waals surface area contributed by atoms with Crippen LogP contribution in [0.3, 0.4) is 0 Å². The number of aryl methyl sites for hydroxylation is 1. The van der Waals surface area contributed by atoms with Crippen LogP contribution in [-0.4, -0.2) is 22.5 Å². The molecule has 7 heteroatoms. The molecule has 1 heterocycles. The van der Waals surface area contributed by atoms with Crippen molar-refractivity contribution in [1.82, 2.24) is 9.97 Å². The molecule has 0 amide bonds. The van der Waals surface area contributed by atoms with Crippen molar-refractivity contribution in [2.45, 2.75) is 20.4 Å². The topological polar surface area (TPSA) is 76.1 Å². The summed E-state index contributed by atoms with van der Waals surface area (Å²) in [6.07, 6.45) is 0. The van der Waals surface area contributed by atoms with E-state index in [2.05, 4.69) is 20.6 Å². The summed E-state index contributed by atoms with van der Waals surface area (Å²) in [6, 6.07) is 16.5. The van der Waals surface area contributed by atoms with Crippen LogP contribution in [0, 0.1) is 6.92 Å². The number of ether oxygens (including phenoxy) is 1. The van der Waals surface area contributed by atoms with Gasteiger partial charge in [0.2, 0.25) is 5.95 Å². The standard InChI is InChI=1S/C21H21ClN4O2/c1-3-28-20(27)15-8-10-17(11-9-15)25-21-24-14(2)12-19(26-21)23-13-16-6-4-5-7-18(16)22/h4-12H,3,13H2,1-2H3,(H2,23,24,25,26). The van der Waals surface area contributed by atoms with Gasteiger partial charge in [-0.15, -0.1) is 0 Å². The van der Waals surface area contributed by atoms with Gasteiger partial charge in [0, 0.05) is 29.0 Å². The molecule has 0 atom stereocenters. The van der Waals surface area contributed by atoms with Crippen LogP contribution >= 0.6 is 11.6 Å². The smallest absolute Gasteiger partial charge is 0.338 e. The Morgan fingerprint density at radius 3 is 2.57 bits per heavy atom. The van der Waals surface area contributed by atoms with Gasteiger partial charge in [-0.25, -0.2) is 9.78 Å². The van der Waals surface area contributed by atoms with Crippen molar-refractivity contribution in [3.8, 4) is 0 Å². The fourth-order valence-corrected chi connectivity index (χ4v) is 2.78. The summed E-state index contributed by atoms with van der Waals surface area (Å²) < 4.78 is 4.99. The van der Waals surface area contributed by atoms with E-state index < -0.39 is 0 Å². The van der Waals surface area contributed by atoms with Crippen LogP contribution in [0.15, 0.2) is 54.6 Å². The molecule has 28 heavy (non-hydrogen) atoms. The summed E-state index contributed by atoms with van der Waals surface area (Å²) in [5, 5.41) is 7.13. The summed E-state index contributed by atoms with van der Waals surface area (Å²) in [5.41, 5.74) is 3.09. The number of halogens is 1. The maximum Gasteiger partial charge on any atom is 0.338 e. The van der Waals surface area contributed by atoms with Gasteiger partial charge in [-0.05, 0) is 49.7 Å². The Bertz CT molecular complexity index is 961. The van der Waals surface area contributed by atoms with Gasteiger partial charge in [-0.3, -0.25) is 0 Å². The minimum absolute atomic E-state index is 0.341. The number of esters is 1. The summed E-state index contributed by atoms with van der Waals surface area (Å²) in [6.45, 7) is 4.58. The molecule has 0 fully saturated rings. The molecule has 2 aromatic carbocycles. The largest absolute Gasteiger partial charge is 0.462 e. The van der Waals surface area contributed by atoms with E-state index in [1.54, 1.807) is 31.2 Å². The molecule has 0 aliphatic carbocycles. The van der Waals surface area contributed by atoms with Crippen LogP contribution in [0.5, 0.6) is 0 Å². The van der Waals surface area contributed by atoms with E-state index >= 15 is 0 Å². The highest BCUT2D eigenvalue weighted by Crippen LogP contribution is 2.19. The molecule has 144 valence electrons. The first-order valence-corrected chi connectivity index (χ1v) is 9.30. The Balaban J connectivity index is 1.69. The maximum atomic E-state index is 11.7. The van der Waals surface area contributed by atoms with E-state index in [0.29, 0.717) is 35.5 Å². The molecule has 6 nitrogen and oxygen atoms in total. The van der Waals surface area contributed by atoms with Crippen molar-refractivity contribution in [3.63, 3.8) is 0 Å². The van der Waals surface area contributed by atoms with Crippen molar-refractivity contribution in [3.05, 3.63) is 76.4 Å². The zero-order chi connectivity index (χ0) is 19.9. The van der Waals surface area contributed by atoms with Crippen LogP contribution in [0.2, 0.25) is 5.02 Å². The summed E-state index contributed by atoms with van der Waals surface area (Å²) in [7, 11) is 0. The van der Waals surface area contributed by atoms with Gasteiger partial charge >= 0.3 is 5.97 Å². The van der Waals surface area contributed by atoms with Crippen molar-refractivity contribution in [2.75, 3.05) is 17.2 Å². The van der Waals surface area contributed by atoms with E-state index in [1.165, 1.54) is 0 Å². The van der Waals surface area contributed by atoms with E-state index in [0.717, 1.165) is 16.9 Å². The van der Waals surface area contributed by atoms with Crippen LogP contribution < -0.4 is 10.6 Å². The molecule has 3 aromatic rings. The van der Waals surface area contributed by atoms with Crippen molar-refractivity contribution < 1.29 is 9.53 Å². The Morgan fingerprint density at radius 1 is 1.11 bits per heavy atom. The summed E-state index contributed by atoms with van der Waals surface area (Å²) in [5.74, 6) is 0.815. The maximum absolute atomic E-state index is 11.7. The first-order valence-electron chi connectivity index (χ1n) is 8.92. The number of carbonyl (C=O) groups is 1. The molecule has 3 rings (SSSR count). The van der Waals surface area contributed by atoms with Gasteiger partial charge in [0.1, 0.15) is 5.82 Å². The first kappa shape index (κ1) is 19.6. The highest BCUT2D eigenvalue weighted by molar-refractivity contribution is 6.31. The Kier molecular flexibility index (Phi) is 6.45. The van der Waals surface area contributed by atoms with E-state index in [-0.39, 0.29) is 5.97 Å². The fraction of sp³-hybridized carbons (Fsp3) is 0.190. The number of hydrogen-bond donors (Lipinski definition) is 2. The van der Waals surface area contributed by atoms with Gasteiger partial charge in [0.15, 0.2) is 0 Å². The SMILES string of the molecule is CCOC(=O)c1ccc(Nc2nc(C)cc(NCc3ccccc3Cl)n2)cc1. The zero-order valence-electron chi connectivity index (χ0n) is 15.7. The van der Waals surface area contributed by atoms with Crippen LogP contribution in [0.25, 0.3) is 0 Å². The number of aromatic nitrogens is 2. The minimum atomic E-state index is -0.341. The van der Waals surface area contributed by atoms with E-state index in [1.807, 2.05) is 37.3 Å². The van der Waals surface area contributed by atoms with Gasteiger partial charge in [-0.1, -0.05) is 29.8 Å². The number of nitrogens with one attached hydrogen (secondary N) is 2. The second-order valence-electron chi connectivity index (χ2n) is 6.09. The van der Waals surface area contributed by atoms with E-state index in [9.17, 15) is 4.79 Å². The molecule has 1 aromatic heterocycles. The molecule has 2 N–H and O–H groups in total. The second-order valence-corrected chi connectivity index (χ2v) is 6.49. The van der Waals surface area contributed by atoms with Gasteiger partial charge in [-0.2, -0.15) is 4.98 Å². The molecule has 0 saturated carbocycles. The quantitative estimate of drug-likeness (QED) is 0.549. The molecular formula is C21H21ClN4O2. The predicted molar refractivity (Wildman–Crippen MR) is 111 cm³/mol. The Labute approximate surface area is 168 Å². The third-order valence-electron chi connectivity index (χ3n) is 3.92. The summed E-state index contributed by atoms with van der Waals surface area (Å²) in [4.78, 5) is 20.6. The molecule has 0 unspecified atom stereocenters. The van der Waals surface area contributed by atoms with Crippen LogP contribution in [0.4, 0.5) is 17.5 Å². The highest BCUT2D eigenvalue weighted by Gasteiger charge is 2.07. The van der Waals surface area contributed by atoms with Gasteiger partial charge in [0.25, 0.3) is 0 Å². The lowest BCUT2D eigenvalue weighted by Crippen LogP contribution is -2.06. The first-order chi connectivity index (χ1) is 13.5. The monoisotopic (exact) mass is 396 g/mol. The lowest BCUT2D eigenvalue weighted by Gasteiger charge is -2.11. The molecule has 0 aliphatic heterocycles. The number of benzene rings is 2. The Morgan fingerprint density at radius 2 is 1.86 bits per heavy atom. The molecule has 0 spiro atoms. The van der Waals surface area contributed by atoms with Crippen LogP contribution in [0.1, 0.15) is 28.5 Å². The molecule has 0 bridgehead atoms. The van der Waals surface area contributed by atoms with E-state index in [4.69, 9.17) is 16.3 Å². The minimum Gasteiger partial charge on any atom is -0.462 e. The molecule has 0 aliphatic rings. The van der Waals surface area contributed by atoms with Crippen molar-refractivity contribution in [2.24, 2.45) is 0 Å². The van der Waals surface area contributed by atoms with Gasteiger partial charge in [0.05, 0.1) is 12.2 Å². The molecular weight excluding hydrogens is 376 g/mol. The third-order valence-corrected chi connectivity index (χ3v) is 4.29. The highest BCUT2D eigenvalue weighted by atomic mass is 35.5. The van der Waals surface area contributed by atoms with Crippen molar-refractivity contribution >= 4 is 35.0 Å². The predicted octanol–water partition coefficient (Wildman–Crippen LogP) is 4.97. The lowest BCUT2D eigenvalue weighted by atomic mass is 10.2. The Hall–Kier alpha value is -3.12. The number of hydrogen-bond acceptors (Lipinski definition) is 6. The average molecular weight is 397 g/mol. The molecule has 0 saturated heterocycles. The van der Waals surface area contributed by atoms with Crippen LogP contribution in [-0.2, 0) is 11.3 Å². The van der Waals surface area contributed by atoms with Gasteiger partial charge < -0.3 is 15.4 Å². The summed E-state index contributed by atoms with van der Waals surface area (Å²) >= 11 is 6.20. The average Bonchev–Trinajstić information content (AvgIpc) is 2.68. The van der Waals surface area contributed by atoms with Crippen molar-refractivity contribution in [1.29, 1.82) is 0 Å². The number of nitrogens with zero attached hydrogens (tertiary/aromatic N) is 2. The molecule has 0 radical (unpaired) electrons.